The average Bonchev–Trinajstić information content (AvgIpc) is 2.49. The van der Waals surface area contributed by atoms with Crippen LogP contribution in [0.15, 0.2) is 18.2 Å². The van der Waals surface area contributed by atoms with Gasteiger partial charge in [-0.15, -0.1) is 0 Å². The molecule has 8 nitrogen and oxygen atoms in total. The summed E-state index contributed by atoms with van der Waals surface area (Å²) in [5, 5.41) is 68.0. The van der Waals surface area contributed by atoms with Gasteiger partial charge in [-0.3, -0.25) is 0 Å². The molecule has 3 rings (SSSR count). The Kier molecular flexibility index (Phi) is 3.26. The van der Waals surface area contributed by atoms with Crippen molar-refractivity contribution in [2.24, 2.45) is 0 Å². The summed E-state index contributed by atoms with van der Waals surface area (Å²) in [6, 6.07) is 3.62. The van der Waals surface area contributed by atoms with Crippen molar-refractivity contribution in [2.45, 2.75) is 18.6 Å². The first kappa shape index (κ1) is 14.9. The van der Waals surface area contributed by atoms with Crippen LogP contribution in [0.1, 0.15) is 17.2 Å². The maximum Gasteiger partial charge on any atom is 0.208 e. The van der Waals surface area contributed by atoms with Crippen LogP contribution in [-0.2, 0) is 6.42 Å². The Morgan fingerprint density at radius 1 is 0.783 bits per heavy atom. The van der Waals surface area contributed by atoms with Gasteiger partial charge in [-0.1, -0.05) is 0 Å². The van der Waals surface area contributed by atoms with E-state index in [1.807, 2.05) is 0 Å². The van der Waals surface area contributed by atoms with Crippen molar-refractivity contribution in [3.8, 4) is 40.2 Å². The molecule has 2 aromatic carbocycles. The summed E-state index contributed by atoms with van der Waals surface area (Å²) >= 11 is 0. The largest absolute Gasteiger partial charge is 0.508 e. The number of fused-ring (bicyclic) bond motifs is 1. The highest BCUT2D eigenvalue weighted by Crippen LogP contribution is 2.54. The standard InChI is InChI=1S/C15H14O8/c16-6-1-5(2-7(17)3-6)14-9(18)4-8-10(19)11(20)12(21)13(22)15(8)23-14/h1-3,9,14,16-22H,4H2/t9-,14-/m1/s1. The lowest BCUT2D eigenvalue weighted by Gasteiger charge is -2.32. The van der Waals surface area contributed by atoms with Gasteiger partial charge in [0.2, 0.25) is 17.2 Å². The molecule has 23 heavy (non-hydrogen) atoms. The van der Waals surface area contributed by atoms with Crippen molar-refractivity contribution < 1.29 is 40.5 Å². The van der Waals surface area contributed by atoms with E-state index in [2.05, 4.69) is 0 Å². The molecule has 1 heterocycles. The zero-order valence-electron chi connectivity index (χ0n) is 11.6. The first-order chi connectivity index (χ1) is 10.8. The molecule has 1 aliphatic heterocycles. The lowest BCUT2D eigenvalue weighted by molar-refractivity contribution is 0.0175. The molecule has 0 fully saturated rings. The SMILES string of the molecule is Oc1cc(O)cc([C@H]2Oc3c(O)c(O)c(O)c(O)c3C[C@H]2O)c1. The van der Waals surface area contributed by atoms with Crippen LogP contribution in [0.25, 0.3) is 0 Å². The van der Waals surface area contributed by atoms with Crippen LogP contribution in [0.5, 0.6) is 40.2 Å². The molecule has 7 N–H and O–H groups in total. The van der Waals surface area contributed by atoms with Gasteiger partial charge in [0.1, 0.15) is 11.5 Å². The van der Waals surface area contributed by atoms with Crippen LogP contribution in [0.2, 0.25) is 0 Å². The van der Waals surface area contributed by atoms with E-state index in [9.17, 15) is 35.7 Å². The van der Waals surface area contributed by atoms with E-state index in [0.29, 0.717) is 0 Å². The number of rotatable bonds is 1. The highest BCUT2D eigenvalue weighted by atomic mass is 16.5. The number of hydrogen-bond acceptors (Lipinski definition) is 8. The third-order valence-electron chi connectivity index (χ3n) is 3.71. The number of hydrogen-bond donors (Lipinski definition) is 7. The second-order valence-electron chi connectivity index (χ2n) is 5.29. The minimum Gasteiger partial charge on any atom is -0.508 e. The van der Waals surface area contributed by atoms with E-state index >= 15 is 0 Å². The van der Waals surface area contributed by atoms with Gasteiger partial charge in [0.05, 0.1) is 6.10 Å². The van der Waals surface area contributed by atoms with Crippen molar-refractivity contribution in [1.29, 1.82) is 0 Å². The van der Waals surface area contributed by atoms with Crippen molar-refractivity contribution in [2.75, 3.05) is 0 Å². The quantitative estimate of drug-likeness (QED) is 0.303. The molecule has 2 aromatic rings. The van der Waals surface area contributed by atoms with E-state index in [1.165, 1.54) is 12.1 Å². The molecule has 0 saturated heterocycles. The van der Waals surface area contributed by atoms with Crippen molar-refractivity contribution in [3.63, 3.8) is 0 Å². The van der Waals surface area contributed by atoms with Gasteiger partial charge in [0, 0.05) is 23.6 Å². The van der Waals surface area contributed by atoms with E-state index in [1.54, 1.807) is 0 Å². The highest BCUT2D eigenvalue weighted by molar-refractivity contribution is 5.68. The zero-order valence-corrected chi connectivity index (χ0v) is 11.6. The fourth-order valence-corrected chi connectivity index (χ4v) is 2.64. The predicted octanol–water partition coefficient (Wildman–Crippen LogP) is 0.957. The lowest BCUT2D eigenvalue weighted by Crippen LogP contribution is -2.30. The van der Waals surface area contributed by atoms with Gasteiger partial charge in [-0.2, -0.15) is 0 Å². The first-order valence-corrected chi connectivity index (χ1v) is 6.66. The van der Waals surface area contributed by atoms with E-state index < -0.39 is 35.2 Å². The number of phenolic OH excluding ortho intramolecular Hbond substituents is 6. The third kappa shape index (κ3) is 2.29. The summed E-state index contributed by atoms with van der Waals surface area (Å²) in [4.78, 5) is 0. The van der Waals surface area contributed by atoms with Crippen LogP contribution in [0.3, 0.4) is 0 Å². The first-order valence-electron chi connectivity index (χ1n) is 6.66. The number of aromatic hydroxyl groups is 6. The minimum absolute atomic E-state index is 0.0640. The number of aliphatic hydroxyl groups excluding tert-OH is 1. The van der Waals surface area contributed by atoms with Crippen molar-refractivity contribution >= 4 is 0 Å². The number of benzene rings is 2. The Balaban J connectivity index is 2.10. The average molecular weight is 322 g/mol. The maximum atomic E-state index is 10.2. The number of aliphatic hydroxyl groups is 1. The summed E-state index contributed by atoms with van der Waals surface area (Å²) in [6.07, 6.45) is -2.46. The minimum atomic E-state index is -1.20. The monoisotopic (exact) mass is 322 g/mol. The Labute approximate surface area is 129 Å². The molecule has 0 aromatic heterocycles. The molecule has 122 valence electrons. The van der Waals surface area contributed by atoms with E-state index in [4.69, 9.17) is 4.74 Å². The third-order valence-corrected chi connectivity index (χ3v) is 3.71. The van der Waals surface area contributed by atoms with Crippen molar-refractivity contribution in [1.82, 2.24) is 0 Å². The Morgan fingerprint density at radius 2 is 1.35 bits per heavy atom. The fraction of sp³-hybridized carbons (Fsp3) is 0.200. The normalized spacial score (nSPS) is 19.9. The van der Waals surface area contributed by atoms with Gasteiger partial charge < -0.3 is 40.5 Å². The molecule has 0 amide bonds. The second-order valence-corrected chi connectivity index (χ2v) is 5.29. The molecular formula is C15H14O8. The zero-order chi connectivity index (χ0) is 16.9. The van der Waals surface area contributed by atoms with E-state index in [0.717, 1.165) is 6.07 Å². The van der Waals surface area contributed by atoms with Crippen LogP contribution in [0.4, 0.5) is 0 Å². The summed E-state index contributed by atoms with van der Waals surface area (Å²) in [7, 11) is 0. The van der Waals surface area contributed by atoms with Crippen molar-refractivity contribution in [3.05, 3.63) is 29.3 Å². The summed E-state index contributed by atoms with van der Waals surface area (Å²) < 4.78 is 5.43. The summed E-state index contributed by atoms with van der Waals surface area (Å²) in [5.41, 5.74) is 0.165. The van der Waals surface area contributed by atoms with Crippen LogP contribution >= 0.6 is 0 Å². The molecule has 0 radical (unpaired) electrons. The second kappa shape index (κ2) is 5.03. The number of phenols is 6. The number of ether oxygens (including phenoxy) is 1. The summed E-state index contributed by atoms with van der Waals surface area (Å²) in [6.45, 7) is 0. The Bertz CT molecular complexity index is 766. The smallest absolute Gasteiger partial charge is 0.208 e. The molecule has 8 heteroatoms. The molecule has 0 bridgehead atoms. The molecule has 2 atom stereocenters. The van der Waals surface area contributed by atoms with Gasteiger partial charge >= 0.3 is 0 Å². The molecule has 0 unspecified atom stereocenters. The van der Waals surface area contributed by atoms with Crippen LogP contribution in [-0.4, -0.2) is 41.8 Å². The Hall–Kier alpha value is -3.00. The van der Waals surface area contributed by atoms with Crippen LogP contribution in [0, 0.1) is 0 Å². The topological polar surface area (TPSA) is 151 Å². The van der Waals surface area contributed by atoms with Gasteiger partial charge in [0.15, 0.2) is 17.6 Å². The Morgan fingerprint density at radius 3 is 1.96 bits per heavy atom. The molecule has 0 spiro atoms. The van der Waals surface area contributed by atoms with E-state index in [-0.39, 0.29) is 34.8 Å². The fourth-order valence-electron chi connectivity index (χ4n) is 2.64. The maximum absolute atomic E-state index is 10.2. The molecule has 0 aliphatic carbocycles. The van der Waals surface area contributed by atoms with Gasteiger partial charge in [-0.25, -0.2) is 0 Å². The molecular weight excluding hydrogens is 308 g/mol. The summed E-state index contributed by atoms with van der Waals surface area (Å²) in [5.74, 6) is -4.14. The van der Waals surface area contributed by atoms with Crippen LogP contribution < -0.4 is 4.74 Å². The highest BCUT2D eigenvalue weighted by Gasteiger charge is 2.36. The predicted molar refractivity (Wildman–Crippen MR) is 76.0 cm³/mol. The van der Waals surface area contributed by atoms with Gasteiger partial charge in [-0.05, 0) is 12.1 Å². The lowest BCUT2D eigenvalue weighted by atomic mass is 9.93. The van der Waals surface area contributed by atoms with Gasteiger partial charge in [0.25, 0.3) is 0 Å². The molecule has 1 aliphatic rings. The molecule has 0 saturated carbocycles.